The van der Waals surface area contributed by atoms with Crippen LogP contribution >= 0.6 is 43.5 Å². The third-order valence-electron chi connectivity index (χ3n) is 3.30. The maximum atomic E-state index is 6.30. The van der Waals surface area contributed by atoms with Gasteiger partial charge in [0.1, 0.15) is 0 Å². The molecule has 3 rings (SSSR count). The van der Waals surface area contributed by atoms with E-state index >= 15 is 0 Å². The third kappa shape index (κ3) is 3.38. The van der Waals surface area contributed by atoms with E-state index in [9.17, 15) is 0 Å². The van der Waals surface area contributed by atoms with Gasteiger partial charge in [-0.1, -0.05) is 49.5 Å². The van der Waals surface area contributed by atoms with Crippen molar-refractivity contribution in [3.8, 4) is 11.5 Å². The van der Waals surface area contributed by atoms with Gasteiger partial charge < -0.3 is 9.47 Å². The molecule has 2 aromatic rings. The van der Waals surface area contributed by atoms with Crippen molar-refractivity contribution in [3.63, 3.8) is 0 Å². The summed E-state index contributed by atoms with van der Waals surface area (Å²) in [5.41, 5.74) is 2.10. The van der Waals surface area contributed by atoms with E-state index in [0.29, 0.717) is 13.2 Å². The van der Waals surface area contributed by atoms with Gasteiger partial charge in [-0.2, -0.15) is 0 Å². The maximum absolute atomic E-state index is 6.30. The summed E-state index contributed by atoms with van der Waals surface area (Å²) in [5, 5.41) is 0.729. The lowest BCUT2D eigenvalue weighted by molar-refractivity contribution is 0.297. The second-order valence-electron chi connectivity index (χ2n) is 4.79. The molecule has 0 bridgehead atoms. The lowest BCUT2D eigenvalue weighted by Gasteiger charge is -2.15. The van der Waals surface area contributed by atoms with Crippen LogP contribution in [0.15, 0.2) is 40.9 Å². The molecule has 0 saturated heterocycles. The SMILES string of the molecule is Clc1ccc(Br)cc1C(Br)c1ccc2c(c1)OCCCO2. The summed E-state index contributed by atoms with van der Waals surface area (Å²) in [5.74, 6) is 1.59. The third-order valence-corrected chi connectivity index (χ3v) is 5.15. The van der Waals surface area contributed by atoms with Crippen LogP contribution in [0.1, 0.15) is 22.4 Å². The van der Waals surface area contributed by atoms with Gasteiger partial charge in [0.05, 0.1) is 18.0 Å². The number of hydrogen-bond acceptors (Lipinski definition) is 2. The zero-order chi connectivity index (χ0) is 14.8. The molecule has 0 saturated carbocycles. The molecule has 110 valence electrons. The van der Waals surface area contributed by atoms with Crippen LogP contribution in [0.5, 0.6) is 11.5 Å². The Kier molecular flexibility index (Phi) is 4.77. The molecule has 5 heteroatoms. The summed E-state index contributed by atoms with van der Waals surface area (Å²) in [4.78, 5) is -0.000321. The zero-order valence-corrected chi connectivity index (χ0v) is 15.0. The summed E-state index contributed by atoms with van der Waals surface area (Å²) in [6, 6.07) is 11.8. The molecular weight excluding hydrogens is 419 g/mol. The number of halogens is 3. The van der Waals surface area contributed by atoms with Gasteiger partial charge in [-0.15, -0.1) is 0 Å². The molecule has 1 aliphatic rings. The molecule has 0 aliphatic carbocycles. The van der Waals surface area contributed by atoms with Crippen LogP contribution in [-0.2, 0) is 0 Å². The fourth-order valence-electron chi connectivity index (χ4n) is 2.23. The Hall–Kier alpha value is -0.710. The molecule has 0 fully saturated rings. The highest BCUT2D eigenvalue weighted by Crippen LogP contribution is 2.40. The van der Waals surface area contributed by atoms with Gasteiger partial charge in [-0.25, -0.2) is 0 Å². The average Bonchev–Trinajstić information content (AvgIpc) is 2.73. The molecule has 1 unspecified atom stereocenters. The number of ether oxygens (including phenoxy) is 2. The van der Waals surface area contributed by atoms with Crippen LogP contribution in [0.25, 0.3) is 0 Å². The summed E-state index contributed by atoms with van der Waals surface area (Å²) >= 11 is 13.5. The van der Waals surface area contributed by atoms with Gasteiger partial charge in [0.25, 0.3) is 0 Å². The van der Waals surface area contributed by atoms with Gasteiger partial charge in [-0.3, -0.25) is 0 Å². The van der Waals surface area contributed by atoms with Gasteiger partial charge in [0, 0.05) is 15.9 Å². The van der Waals surface area contributed by atoms with Crippen molar-refractivity contribution in [2.45, 2.75) is 11.2 Å². The van der Waals surface area contributed by atoms with E-state index in [0.717, 1.165) is 38.5 Å². The fraction of sp³-hybridized carbons (Fsp3) is 0.250. The quantitative estimate of drug-likeness (QED) is 0.563. The Morgan fingerprint density at radius 2 is 1.76 bits per heavy atom. The first kappa shape index (κ1) is 15.2. The van der Waals surface area contributed by atoms with E-state index in [4.69, 9.17) is 21.1 Å². The largest absolute Gasteiger partial charge is 0.490 e. The van der Waals surface area contributed by atoms with Gasteiger partial charge in [0.2, 0.25) is 0 Å². The van der Waals surface area contributed by atoms with Gasteiger partial charge in [-0.05, 0) is 41.5 Å². The van der Waals surface area contributed by atoms with Crippen molar-refractivity contribution < 1.29 is 9.47 Å². The van der Waals surface area contributed by atoms with Crippen molar-refractivity contribution in [3.05, 3.63) is 57.0 Å². The van der Waals surface area contributed by atoms with Crippen molar-refractivity contribution >= 4 is 43.5 Å². The highest BCUT2D eigenvalue weighted by molar-refractivity contribution is 9.10. The molecule has 2 nitrogen and oxygen atoms in total. The standard InChI is InChI=1S/C16H13Br2ClO2/c17-11-3-4-13(19)12(9-11)16(18)10-2-5-14-15(8-10)21-7-1-6-20-14/h2-5,8-9,16H,1,6-7H2. The Labute approximate surface area is 145 Å². The molecule has 1 atom stereocenters. The minimum Gasteiger partial charge on any atom is -0.490 e. The molecule has 1 heterocycles. The minimum absolute atomic E-state index is 0.000321. The molecule has 0 aromatic heterocycles. The topological polar surface area (TPSA) is 18.5 Å². The molecule has 0 spiro atoms. The van der Waals surface area contributed by atoms with Crippen LogP contribution in [0, 0.1) is 0 Å². The number of benzene rings is 2. The summed E-state index contributed by atoms with van der Waals surface area (Å²) in [7, 11) is 0. The smallest absolute Gasteiger partial charge is 0.161 e. The molecule has 0 radical (unpaired) electrons. The van der Waals surface area contributed by atoms with E-state index in [2.05, 4.69) is 31.9 Å². The molecule has 0 amide bonds. The van der Waals surface area contributed by atoms with Crippen molar-refractivity contribution in [2.24, 2.45) is 0 Å². The highest BCUT2D eigenvalue weighted by Gasteiger charge is 2.18. The first-order chi connectivity index (χ1) is 10.1. The predicted octanol–water partition coefficient (Wildman–Crippen LogP) is 5.75. The number of rotatable bonds is 2. The maximum Gasteiger partial charge on any atom is 0.161 e. The minimum atomic E-state index is -0.000321. The molecule has 2 aromatic carbocycles. The predicted molar refractivity (Wildman–Crippen MR) is 92.0 cm³/mol. The summed E-state index contributed by atoms with van der Waals surface area (Å²) in [6.07, 6.45) is 0.902. The van der Waals surface area contributed by atoms with Gasteiger partial charge in [0.15, 0.2) is 11.5 Å². The number of fused-ring (bicyclic) bond motifs is 1. The lowest BCUT2D eigenvalue weighted by Crippen LogP contribution is -1.98. The van der Waals surface area contributed by atoms with E-state index < -0.39 is 0 Å². The molecule has 21 heavy (non-hydrogen) atoms. The lowest BCUT2D eigenvalue weighted by atomic mass is 10.0. The first-order valence-corrected chi connectivity index (χ1v) is 8.72. The summed E-state index contributed by atoms with van der Waals surface area (Å²) < 4.78 is 12.4. The average molecular weight is 433 g/mol. The first-order valence-electron chi connectivity index (χ1n) is 6.64. The molecule has 1 aliphatic heterocycles. The van der Waals surface area contributed by atoms with Gasteiger partial charge >= 0.3 is 0 Å². The monoisotopic (exact) mass is 430 g/mol. The van der Waals surface area contributed by atoms with Crippen LogP contribution in [0.3, 0.4) is 0 Å². The Morgan fingerprint density at radius 1 is 1.00 bits per heavy atom. The molecule has 0 N–H and O–H groups in total. The van der Waals surface area contributed by atoms with Crippen LogP contribution in [0.2, 0.25) is 5.02 Å². The van der Waals surface area contributed by atoms with Crippen LogP contribution < -0.4 is 9.47 Å². The van der Waals surface area contributed by atoms with Crippen LogP contribution in [0.4, 0.5) is 0 Å². The van der Waals surface area contributed by atoms with Crippen molar-refractivity contribution in [1.29, 1.82) is 0 Å². The Morgan fingerprint density at radius 3 is 2.57 bits per heavy atom. The Bertz CT molecular complexity index is 661. The molecular formula is C16H13Br2ClO2. The Balaban J connectivity index is 1.96. The zero-order valence-electron chi connectivity index (χ0n) is 11.1. The normalized spacial score (nSPS) is 15.4. The number of alkyl halides is 1. The fourth-order valence-corrected chi connectivity index (χ4v) is 3.63. The van der Waals surface area contributed by atoms with Crippen molar-refractivity contribution in [1.82, 2.24) is 0 Å². The van der Waals surface area contributed by atoms with E-state index in [-0.39, 0.29) is 4.83 Å². The summed E-state index contributed by atoms with van der Waals surface area (Å²) in [6.45, 7) is 1.38. The van der Waals surface area contributed by atoms with Crippen molar-refractivity contribution in [2.75, 3.05) is 13.2 Å². The van der Waals surface area contributed by atoms with E-state index in [1.54, 1.807) is 0 Å². The number of hydrogen-bond donors (Lipinski definition) is 0. The van der Waals surface area contributed by atoms with E-state index in [1.165, 1.54) is 0 Å². The second-order valence-corrected chi connectivity index (χ2v) is 7.02. The second kappa shape index (κ2) is 6.59. The van der Waals surface area contributed by atoms with Crippen LogP contribution in [-0.4, -0.2) is 13.2 Å². The van der Waals surface area contributed by atoms with E-state index in [1.807, 2.05) is 36.4 Å². The highest BCUT2D eigenvalue weighted by atomic mass is 79.9.